The van der Waals surface area contributed by atoms with Crippen molar-refractivity contribution in [2.75, 3.05) is 19.8 Å². The van der Waals surface area contributed by atoms with Crippen molar-refractivity contribution in [3.8, 4) is 0 Å². The van der Waals surface area contributed by atoms with Crippen LogP contribution in [0.5, 0.6) is 0 Å². The van der Waals surface area contributed by atoms with Gasteiger partial charge >= 0.3 is 5.82 Å². The van der Waals surface area contributed by atoms with Crippen LogP contribution in [-0.2, 0) is 6.54 Å². The molecule has 0 radical (unpaired) electrons. The first-order valence-electron chi connectivity index (χ1n) is 7.91. The second kappa shape index (κ2) is 9.64. The number of aromatic nitrogens is 1. The lowest BCUT2D eigenvalue weighted by Crippen LogP contribution is -2.35. The Morgan fingerprint density at radius 1 is 1.29 bits per heavy atom. The van der Waals surface area contributed by atoms with Gasteiger partial charge in [0.15, 0.2) is 5.84 Å². The van der Waals surface area contributed by atoms with Crippen LogP contribution < -0.4 is 4.57 Å². The zero-order valence-electron chi connectivity index (χ0n) is 13.8. The standard InChI is InChI=1S/C16H23N6O2/c1-14(17-19-15-6-2-4-8-21(15)10-12-23)18-20-16-7-3-5-9-22(16)11-13-24/h2,4-6,8-9,23-24H,3,7,10-13H2,1H3/q+1. The molecule has 2 heterocycles. The zero-order valence-corrected chi connectivity index (χ0v) is 13.8. The van der Waals surface area contributed by atoms with E-state index >= 15 is 0 Å². The SMILES string of the molecule is CC(N=Nc1cccc[n+]1CCO)=NN=C1CCC=CN1CCO. The van der Waals surface area contributed by atoms with Gasteiger partial charge in [-0.2, -0.15) is 0 Å². The smallest absolute Gasteiger partial charge is 0.350 e. The number of aliphatic hydroxyl groups is 2. The minimum absolute atomic E-state index is 0.0339. The topological polar surface area (TPSA) is 97.0 Å². The van der Waals surface area contributed by atoms with E-state index in [1.54, 1.807) is 11.5 Å². The van der Waals surface area contributed by atoms with E-state index in [0.717, 1.165) is 18.7 Å². The molecule has 0 saturated carbocycles. The first-order chi connectivity index (χ1) is 11.7. The minimum Gasteiger partial charge on any atom is -0.395 e. The summed E-state index contributed by atoms with van der Waals surface area (Å²) in [6, 6.07) is 5.54. The highest BCUT2D eigenvalue weighted by atomic mass is 16.3. The first kappa shape index (κ1) is 17.9. The molecule has 1 aliphatic heterocycles. The summed E-state index contributed by atoms with van der Waals surface area (Å²) in [5.41, 5.74) is 0. The molecule has 8 nitrogen and oxygen atoms in total. The van der Waals surface area contributed by atoms with E-state index in [2.05, 4.69) is 20.4 Å². The molecule has 0 unspecified atom stereocenters. The highest BCUT2D eigenvalue weighted by Crippen LogP contribution is 2.10. The van der Waals surface area contributed by atoms with Crippen LogP contribution in [0.3, 0.4) is 0 Å². The number of nitrogens with zero attached hydrogens (tertiary/aromatic N) is 6. The zero-order chi connectivity index (χ0) is 17.2. The van der Waals surface area contributed by atoms with E-state index in [1.807, 2.05) is 41.6 Å². The lowest BCUT2D eigenvalue weighted by atomic mass is 10.2. The van der Waals surface area contributed by atoms with Gasteiger partial charge in [0.25, 0.3) is 0 Å². The third-order valence-electron chi connectivity index (χ3n) is 3.36. The first-order valence-corrected chi connectivity index (χ1v) is 7.91. The number of β-amino-alcohol motifs (C(OH)–C–C–N with tert-alkyl or cyclic N) is 1. The molecule has 0 saturated heterocycles. The Kier molecular flexibility index (Phi) is 7.19. The summed E-state index contributed by atoms with van der Waals surface area (Å²) in [6.07, 6.45) is 7.47. The lowest BCUT2D eigenvalue weighted by molar-refractivity contribution is -0.685. The summed E-state index contributed by atoms with van der Waals surface area (Å²) in [4.78, 5) is 1.88. The van der Waals surface area contributed by atoms with Crippen LogP contribution in [0.2, 0.25) is 0 Å². The van der Waals surface area contributed by atoms with Gasteiger partial charge < -0.3 is 15.1 Å². The summed E-state index contributed by atoms with van der Waals surface area (Å²) >= 11 is 0. The minimum atomic E-state index is 0.0339. The fraction of sp³-hybridized carbons (Fsp3) is 0.438. The van der Waals surface area contributed by atoms with Crippen molar-refractivity contribution >= 4 is 17.5 Å². The summed E-state index contributed by atoms with van der Waals surface area (Å²) in [5.74, 6) is 1.87. The molecule has 8 heteroatoms. The maximum atomic E-state index is 9.07. The third-order valence-corrected chi connectivity index (χ3v) is 3.36. The number of amidine groups is 2. The van der Waals surface area contributed by atoms with Crippen molar-refractivity contribution in [3.05, 3.63) is 36.7 Å². The second-order valence-electron chi connectivity index (χ2n) is 5.18. The van der Waals surface area contributed by atoms with Crippen LogP contribution in [0.1, 0.15) is 19.8 Å². The van der Waals surface area contributed by atoms with Gasteiger partial charge in [0.1, 0.15) is 12.4 Å². The van der Waals surface area contributed by atoms with Crippen molar-refractivity contribution in [1.29, 1.82) is 0 Å². The van der Waals surface area contributed by atoms with Crippen molar-refractivity contribution < 1.29 is 14.8 Å². The van der Waals surface area contributed by atoms with Crippen molar-refractivity contribution in [2.45, 2.75) is 26.3 Å². The summed E-state index contributed by atoms with van der Waals surface area (Å²) in [5, 5.41) is 34.7. The molecule has 1 aromatic rings. The van der Waals surface area contributed by atoms with Gasteiger partial charge in [-0.25, -0.2) is 4.57 Å². The molecule has 1 aromatic heterocycles. The van der Waals surface area contributed by atoms with Crippen LogP contribution in [-0.4, -0.2) is 46.5 Å². The predicted octanol–water partition coefficient (Wildman–Crippen LogP) is 1.38. The van der Waals surface area contributed by atoms with Gasteiger partial charge in [-0.1, -0.05) is 12.1 Å². The number of allylic oxidation sites excluding steroid dienone is 1. The van der Waals surface area contributed by atoms with E-state index in [-0.39, 0.29) is 13.2 Å². The van der Waals surface area contributed by atoms with Crippen molar-refractivity contribution in [2.24, 2.45) is 20.4 Å². The van der Waals surface area contributed by atoms with Crippen molar-refractivity contribution in [3.63, 3.8) is 0 Å². The van der Waals surface area contributed by atoms with Gasteiger partial charge in [0.2, 0.25) is 0 Å². The number of aliphatic hydroxyl groups excluding tert-OH is 2. The van der Waals surface area contributed by atoms with E-state index in [0.29, 0.717) is 24.7 Å². The quantitative estimate of drug-likeness (QED) is 0.271. The monoisotopic (exact) mass is 331 g/mol. The molecule has 0 aliphatic carbocycles. The molecule has 2 N–H and O–H groups in total. The number of rotatable bonds is 6. The predicted molar refractivity (Wildman–Crippen MR) is 90.9 cm³/mol. The van der Waals surface area contributed by atoms with Gasteiger partial charge in [-0.15, -0.1) is 10.2 Å². The Morgan fingerprint density at radius 2 is 2.17 bits per heavy atom. The summed E-state index contributed by atoms with van der Waals surface area (Å²) < 4.78 is 1.80. The van der Waals surface area contributed by atoms with E-state index in [4.69, 9.17) is 10.2 Å². The normalized spacial score (nSPS) is 17.2. The van der Waals surface area contributed by atoms with E-state index in [1.165, 1.54) is 0 Å². The molecule has 1 aliphatic rings. The Labute approximate surface area is 141 Å². The molecule has 0 spiro atoms. The third kappa shape index (κ3) is 5.32. The number of hydrogen-bond acceptors (Lipinski definition) is 5. The average Bonchev–Trinajstić information content (AvgIpc) is 2.61. The van der Waals surface area contributed by atoms with E-state index < -0.39 is 0 Å². The van der Waals surface area contributed by atoms with Gasteiger partial charge in [-0.3, -0.25) is 0 Å². The Balaban J connectivity index is 2.08. The molecule has 2 rings (SSSR count). The molecule has 0 atom stereocenters. The fourth-order valence-corrected chi connectivity index (χ4v) is 2.19. The maximum absolute atomic E-state index is 9.07. The Hall–Kier alpha value is -2.45. The second-order valence-corrected chi connectivity index (χ2v) is 5.18. The van der Waals surface area contributed by atoms with Gasteiger partial charge in [0, 0.05) is 32.2 Å². The number of pyridine rings is 1. The lowest BCUT2D eigenvalue weighted by Gasteiger charge is -2.23. The van der Waals surface area contributed by atoms with Crippen LogP contribution in [0.4, 0.5) is 5.82 Å². The average molecular weight is 331 g/mol. The Bertz CT molecular complexity index is 654. The summed E-state index contributed by atoms with van der Waals surface area (Å²) in [6.45, 7) is 2.77. The molecule has 0 amide bonds. The molecular weight excluding hydrogens is 308 g/mol. The molecule has 24 heavy (non-hydrogen) atoms. The molecule has 0 bridgehead atoms. The van der Waals surface area contributed by atoms with Crippen molar-refractivity contribution in [1.82, 2.24) is 4.90 Å². The molecule has 0 fully saturated rings. The molecular formula is C16H23N6O2+. The molecule has 0 aromatic carbocycles. The summed E-state index contributed by atoms with van der Waals surface area (Å²) in [7, 11) is 0. The number of azo groups is 1. The van der Waals surface area contributed by atoms with Gasteiger partial charge in [0.05, 0.1) is 24.5 Å². The fourth-order valence-electron chi connectivity index (χ4n) is 2.19. The van der Waals surface area contributed by atoms with Crippen LogP contribution >= 0.6 is 0 Å². The largest absolute Gasteiger partial charge is 0.395 e. The Morgan fingerprint density at radius 3 is 2.96 bits per heavy atom. The maximum Gasteiger partial charge on any atom is 0.350 e. The highest BCUT2D eigenvalue weighted by molar-refractivity contribution is 5.86. The molecule has 128 valence electrons. The van der Waals surface area contributed by atoms with Crippen LogP contribution in [0.25, 0.3) is 0 Å². The van der Waals surface area contributed by atoms with Gasteiger partial charge in [-0.05, 0) is 17.6 Å². The van der Waals surface area contributed by atoms with E-state index in [9.17, 15) is 0 Å². The van der Waals surface area contributed by atoms with Crippen LogP contribution in [0, 0.1) is 0 Å². The van der Waals surface area contributed by atoms with Crippen LogP contribution in [0.15, 0.2) is 57.1 Å². The number of hydrogen-bond donors (Lipinski definition) is 2. The highest BCUT2D eigenvalue weighted by Gasteiger charge is 2.12.